The minimum atomic E-state index is 1.04. The van der Waals surface area contributed by atoms with E-state index in [0.717, 1.165) is 10.5 Å². The van der Waals surface area contributed by atoms with Crippen LogP contribution in [0, 0.1) is 0 Å². The third kappa shape index (κ3) is 2.91. The molecule has 0 bridgehead atoms. The molecule has 0 saturated carbocycles. The van der Waals surface area contributed by atoms with Crippen LogP contribution >= 0.6 is 30.8 Å². The highest BCUT2D eigenvalue weighted by molar-refractivity contribution is 8.77. The molecule has 0 aliphatic carbocycles. The molecular formula is C6H8NPS2. The van der Waals surface area contributed by atoms with Gasteiger partial charge in [-0.2, -0.15) is 0 Å². The summed E-state index contributed by atoms with van der Waals surface area (Å²) in [5.74, 6) is 0. The zero-order valence-electron chi connectivity index (χ0n) is 5.36. The fourth-order valence-electron chi connectivity index (χ4n) is 0.491. The number of rotatable bonds is 3. The average Bonchev–Trinajstić information content (AvgIpc) is 2.03. The number of hydrogen-bond donors (Lipinski definition) is 0. The van der Waals surface area contributed by atoms with Crippen molar-refractivity contribution in [1.29, 1.82) is 0 Å². The lowest BCUT2D eigenvalue weighted by Crippen LogP contribution is -1.72. The van der Waals surface area contributed by atoms with Gasteiger partial charge in [-0.3, -0.25) is 0 Å². The first-order valence-electron chi connectivity index (χ1n) is 2.84. The van der Waals surface area contributed by atoms with Crippen molar-refractivity contribution in [2.75, 3.05) is 5.49 Å². The topological polar surface area (TPSA) is 12.9 Å². The monoisotopic (exact) mass is 189 g/mol. The van der Waals surface area contributed by atoms with Crippen molar-refractivity contribution in [1.82, 2.24) is 4.98 Å². The first kappa shape index (κ1) is 8.38. The van der Waals surface area contributed by atoms with Gasteiger partial charge in [0.1, 0.15) is 5.03 Å². The highest BCUT2D eigenvalue weighted by Crippen LogP contribution is 2.29. The second-order valence-electron chi connectivity index (χ2n) is 1.54. The van der Waals surface area contributed by atoms with Gasteiger partial charge in [-0.1, -0.05) is 16.9 Å². The lowest BCUT2D eigenvalue weighted by Gasteiger charge is -1.94. The van der Waals surface area contributed by atoms with E-state index in [1.165, 1.54) is 0 Å². The molecule has 1 rings (SSSR count). The Morgan fingerprint density at radius 3 is 3.00 bits per heavy atom. The van der Waals surface area contributed by atoms with E-state index in [-0.39, 0.29) is 0 Å². The summed E-state index contributed by atoms with van der Waals surface area (Å²) in [6.45, 7) is 0. The number of pyridine rings is 1. The predicted molar refractivity (Wildman–Crippen MR) is 52.3 cm³/mol. The van der Waals surface area contributed by atoms with E-state index in [2.05, 4.69) is 14.2 Å². The van der Waals surface area contributed by atoms with Crippen LogP contribution < -0.4 is 0 Å². The third-order valence-electron chi connectivity index (χ3n) is 0.850. The summed E-state index contributed by atoms with van der Waals surface area (Å²) in [5.41, 5.74) is 1.04. The Hall–Kier alpha value is 0.280. The molecule has 0 spiro atoms. The molecule has 0 saturated heterocycles. The molecule has 4 heteroatoms. The fraction of sp³-hybridized carbons (Fsp3) is 0.167. The van der Waals surface area contributed by atoms with Crippen molar-refractivity contribution in [2.45, 2.75) is 5.03 Å². The van der Waals surface area contributed by atoms with E-state index < -0.39 is 0 Å². The van der Waals surface area contributed by atoms with Crippen molar-refractivity contribution in [3.63, 3.8) is 0 Å². The third-order valence-corrected chi connectivity index (χ3v) is 4.02. The largest absolute Gasteiger partial charge is 0.249 e. The Balaban J connectivity index is 2.43. The van der Waals surface area contributed by atoms with Crippen LogP contribution in [0.25, 0.3) is 0 Å². The summed E-state index contributed by atoms with van der Waals surface area (Å²) in [7, 11) is 6.15. The maximum absolute atomic E-state index is 4.15. The fourth-order valence-corrected chi connectivity index (χ4v) is 2.39. The van der Waals surface area contributed by atoms with E-state index in [0.29, 0.717) is 0 Å². The minimum Gasteiger partial charge on any atom is -0.249 e. The highest BCUT2D eigenvalue weighted by Gasteiger charge is 1.90. The van der Waals surface area contributed by atoms with E-state index in [9.17, 15) is 0 Å². The summed E-state index contributed by atoms with van der Waals surface area (Å²) in [6, 6.07) is 5.94. The molecule has 0 fully saturated rings. The molecule has 10 heavy (non-hydrogen) atoms. The molecule has 54 valence electrons. The molecule has 1 nitrogen and oxygen atoms in total. The maximum atomic E-state index is 4.15. The molecule has 1 aromatic rings. The smallest absolute Gasteiger partial charge is 0.106 e. The summed E-state index contributed by atoms with van der Waals surface area (Å²) >= 11 is 0. The normalized spacial score (nSPS) is 9.70. The van der Waals surface area contributed by atoms with E-state index >= 15 is 0 Å². The van der Waals surface area contributed by atoms with Crippen molar-refractivity contribution in [3.8, 4) is 0 Å². The van der Waals surface area contributed by atoms with Gasteiger partial charge in [0.05, 0.1) is 0 Å². The summed E-state index contributed by atoms with van der Waals surface area (Å²) in [5, 5.41) is 1.08. The van der Waals surface area contributed by atoms with Crippen LogP contribution in [0.1, 0.15) is 0 Å². The number of aromatic nitrogens is 1. The molecule has 1 heterocycles. The second kappa shape index (κ2) is 5.00. The summed E-state index contributed by atoms with van der Waals surface area (Å²) < 4.78 is 0. The van der Waals surface area contributed by atoms with Crippen molar-refractivity contribution >= 4 is 30.8 Å². The van der Waals surface area contributed by atoms with Crippen LogP contribution in [0.15, 0.2) is 29.4 Å². The first-order chi connectivity index (χ1) is 4.93. The number of hydrogen-bond acceptors (Lipinski definition) is 3. The Morgan fingerprint density at radius 2 is 2.40 bits per heavy atom. The molecule has 1 aromatic heterocycles. The lowest BCUT2D eigenvalue weighted by molar-refractivity contribution is 1.14. The van der Waals surface area contributed by atoms with Crippen LogP contribution in [-0.2, 0) is 0 Å². The van der Waals surface area contributed by atoms with Crippen LogP contribution in [-0.4, -0.2) is 10.5 Å². The zero-order valence-corrected chi connectivity index (χ0v) is 8.15. The van der Waals surface area contributed by atoms with Crippen molar-refractivity contribution in [3.05, 3.63) is 24.4 Å². The Bertz CT molecular complexity index is 180. The van der Waals surface area contributed by atoms with Gasteiger partial charge < -0.3 is 0 Å². The Kier molecular flexibility index (Phi) is 4.19. The number of nitrogens with zero attached hydrogens (tertiary/aromatic N) is 1. The highest BCUT2D eigenvalue weighted by atomic mass is 33.1. The SMILES string of the molecule is PCSSc1ccccn1. The molecule has 0 radical (unpaired) electrons. The average molecular weight is 189 g/mol. The zero-order chi connectivity index (χ0) is 7.23. The lowest BCUT2D eigenvalue weighted by atomic mass is 10.5. The predicted octanol–water partition coefficient (Wildman–Crippen LogP) is 2.65. The van der Waals surface area contributed by atoms with Gasteiger partial charge in [-0.25, -0.2) is 4.98 Å². The van der Waals surface area contributed by atoms with E-state index in [1.54, 1.807) is 21.6 Å². The quantitative estimate of drug-likeness (QED) is 0.536. The van der Waals surface area contributed by atoms with Crippen LogP contribution in [0.5, 0.6) is 0 Å². The summed E-state index contributed by atoms with van der Waals surface area (Å²) in [6.07, 6.45) is 1.81. The maximum Gasteiger partial charge on any atom is 0.106 e. The molecule has 0 aliphatic rings. The van der Waals surface area contributed by atoms with Gasteiger partial charge in [0.15, 0.2) is 0 Å². The van der Waals surface area contributed by atoms with Gasteiger partial charge in [0.25, 0.3) is 0 Å². The van der Waals surface area contributed by atoms with Crippen molar-refractivity contribution < 1.29 is 0 Å². The van der Waals surface area contributed by atoms with Gasteiger partial charge in [0.2, 0.25) is 0 Å². The van der Waals surface area contributed by atoms with Crippen LogP contribution in [0.4, 0.5) is 0 Å². The van der Waals surface area contributed by atoms with Gasteiger partial charge in [-0.15, -0.1) is 9.24 Å². The molecule has 0 aromatic carbocycles. The second-order valence-corrected chi connectivity index (χ2v) is 4.90. The van der Waals surface area contributed by atoms with Crippen LogP contribution in [0.2, 0.25) is 0 Å². The Morgan fingerprint density at radius 1 is 1.50 bits per heavy atom. The standard InChI is InChI=1S/C6H8NPS2/c8-5-9-10-6-3-1-2-4-7-6/h1-4H,5,8H2. The molecular weight excluding hydrogens is 181 g/mol. The van der Waals surface area contributed by atoms with E-state index in [4.69, 9.17) is 0 Å². The molecule has 1 unspecified atom stereocenters. The Labute approximate surface area is 71.0 Å². The van der Waals surface area contributed by atoms with E-state index in [1.807, 2.05) is 24.4 Å². The van der Waals surface area contributed by atoms with Gasteiger partial charge in [-0.05, 0) is 22.9 Å². The molecule has 0 aliphatic heterocycles. The van der Waals surface area contributed by atoms with Crippen molar-refractivity contribution in [2.24, 2.45) is 0 Å². The van der Waals surface area contributed by atoms with Gasteiger partial charge >= 0.3 is 0 Å². The molecule has 0 N–H and O–H groups in total. The summed E-state index contributed by atoms with van der Waals surface area (Å²) in [4.78, 5) is 4.15. The molecule has 1 atom stereocenters. The molecule has 0 amide bonds. The first-order valence-corrected chi connectivity index (χ1v) is 5.97. The van der Waals surface area contributed by atoms with Gasteiger partial charge in [0, 0.05) is 11.7 Å². The van der Waals surface area contributed by atoms with Crippen LogP contribution in [0.3, 0.4) is 0 Å². The minimum absolute atomic E-state index is 1.04.